The van der Waals surface area contributed by atoms with Crippen LogP contribution in [-0.2, 0) is 11.0 Å². The van der Waals surface area contributed by atoms with Gasteiger partial charge in [0.15, 0.2) is 11.6 Å². The molecule has 1 saturated heterocycles. The number of alkyl halides is 3. The highest BCUT2D eigenvalue weighted by Crippen LogP contribution is 2.33. The molecule has 3 heterocycles. The number of pyridine rings is 1. The largest absolute Gasteiger partial charge is 0.481 e. The maximum absolute atomic E-state index is 13.1. The van der Waals surface area contributed by atoms with Gasteiger partial charge in [0.05, 0.1) is 5.41 Å². The van der Waals surface area contributed by atoms with E-state index < -0.39 is 35.0 Å². The molecule has 1 aliphatic rings. The number of aromatic nitrogens is 3. The minimum Gasteiger partial charge on any atom is -0.481 e. The first-order valence-corrected chi connectivity index (χ1v) is 7.98. The van der Waals surface area contributed by atoms with E-state index in [0.29, 0.717) is 6.42 Å². The first-order chi connectivity index (χ1) is 12.6. The normalized spacial score (nSPS) is 19.9. The summed E-state index contributed by atoms with van der Waals surface area (Å²) < 4.78 is 40.2. The van der Waals surface area contributed by atoms with E-state index in [1.165, 1.54) is 29.4 Å². The predicted molar refractivity (Wildman–Crippen MR) is 87.3 cm³/mol. The summed E-state index contributed by atoms with van der Waals surface area (Å²) >= 11 is 0. The van der Waals surface area contributed by atoms with Crippen molar-refractivity contribution in [3.05, 3.63) is 36.2 Å². The van der Waals surface area contributed by atoms with E-state index in [0.717, 1.165) is 10.7 Å². The number of likely N-dealkylation sites (tertiary alicyclic amines) is 1. The second-order valence-electron chi connectivity index (χ2n) is 6.49. The second-order valence-corrected chi connectivity index (χ2v) is 6.49. The molecule has 2 amide bonds. The molecule has 2 aromatic rings. The van der Waals surface area contributed by atoms with Crippen molar-refractivity contribution in [3.63, 3.8) is 0 Å². The molecule has 2 aromatic heterocycles. The topological polar surface area (TPSA) is 100 Å². The number of anilines is 1. The summed E-state index contributed by atoms with van der Waals surface area (Å²) in [6, 6.07) is 2.83. The van der Waals surface area contributed by atoms with Crippen molar-refractivity contribution in [2.24, 2.45) is 5.41 Å². The Morgan fingerprint density at radius 2 is 2.07 bits per heavy atom. The molecule has 0 saturated carbocycles. The third-order valence-corrected chi connectivity index (χ3v) is 4.41. The van der Waals surface area contributed by atoms with Crippen LogP contribution in [0.4, 0.5) is 23.8 Å². The van der Waals surface area contributed by atoms with Crippen molar-refractivity contribution < 1.29 is 27.9 Å². The molecule has 1 atom stereocenters. The molecule has 0 spiro atoms. The number of carbonyl (C=O) groups is 2. The maximum atomic E-state index is 13.1. The van der Waals surface area contributed by atoms with E-state index in [1.54, 1.807) is 6.92 Å². The zero-order chi connectivity index (χ0) is 19.8. The van der Waals surface area contributed by atoms with Crippen molar-refractivity contribution in [2.45, 2.75) is 19.5 Å². The SMILES string of the molecule is CC1(C(=O)O)CCN(C(=O)Nc2ccn(-c3ncccc3C(F)(F)F)n2)C1. The number of nitrogens with zero attached hydrogens (tertiary/aromatic N) is 4. The van der Waals surface area contributed by atoms with Gasteiger partial charge >= 0.3 is 18.2 Å². The molecule has 3 rings (SSSR count). The second kappa shape index (κ2) is 6.56. The highest BCUT2D eigenvalue weighted by molar-refractivity contribution is 5.89. The van der Waals surface area contributed by atoms with E-state index in [-0.39, 0.29) is 18.9 Å². The zero-order valence-corrected chi connectivity index (χ0v) is 14.2. The van der Waals surface area contributed by atoms with E-state index in [9.17, 15) is 27.9 Å². The van der Waals surface area contributed by atoms with Gasteiger partial charge in [0.2, 0.25) is 0 Å². The number of carboxylic acids is 1. The molecule has 1 fully saturated rings. The van der Waals surface area contributed by atoms with Crippen molar-refractivity contribution >= 4 is 17.8 Å². The monoisotopic (exact) mass is 383 g/mol. The lowest BCUT2D eigenvalue weighted by atomic mass is 9.90. The minimum atomic E-state index is -4.60. The smallest absolute Gasteiger partial charge is 0.420 e. The number of rotatable bonds is 3. The average molecular weight is 383 g/mol. The van der Waals surface area contributed by atoms with Crippen LogP contribution in [0, 0.1) is 5.41 Å². The number of urea groups is 1. The molecule has 27 heavy (non-hydrogen) atoms. The van der Waals surface area contributed by atoms with Gasteiger partial charge in [0.25, 0.3) is 0 Å². The van der Waals surface area contributed by atoms with Gasteiger partial charge in [-0.25, -0.2) is 14.5 Å². The van der Waals surface area contributed by atoms with Crippen molar-refractivity contribution in [1.29, 1.82) is 0 Å². The Kier molecular flexibility index (Phi) is 4.54. The van der Waals surface area contributed by atoms with Gasteiger partial charge < -0.3 is 10.0 Å². The fraction of sp³-hybridized carbons (Fsp3) is 0.375. The number of aliphatic carboxylic acids is 1. The van der Waals surface area contributed by atoms with Crippen LogP contribution in [0.25, 0.3) is 5.82 Å². The lowest BCUT2D eigenvalue weighted by molar-refractivity contribution is -0.147. The van der Waals surface area contributed by atoms with Crippen LogP contribution in [0.5, 0.6) is 0 Å². The van der Waals surface area contributed by atoms with Crippen molar-refractivity contribution in [2.75, 3.05) is 18.4 Å². The summed E-state index contributed by atoms with van der Waals surface area (Å²) in [5, 5.41) is 15.6. The quantitative estimate of drug-likeness (QED) is 0.849. The molecular formula is C16H16F3N5O3. The minimum absolute atomic E-state index is 0.0303. The maximum Gasteiger partial charge on any atom is 0.420 e. The number of hydrogen-bond acceptors (Lipinski definition) is 4. The molecule has 1 unspecified atom stereocenters. The van der Waals surface area contributed by atoms with Gasteiger partial charge in [0, 0.05) is 31.5 Å². The van der Waals surface area contributed by atoms with Gasteiger partial charge in [-0.05, 0) is 25.5 Å². The number of nitrogens with one attached hydrogen (secondary N) is 1. The van der Waals surface area contributed by atoms with Crippen LogP contribution in [0.15, 0.2) is 30.6 Å². The summed E-state index contributed by atoms with van der Waals surface area (Å²) in [5.74, 6) is -1.37. The van der Waals surface area contributed by atoms with Crippen LogP contribution >= 0.6 is 0 Å². The van der Waals surface area contributed by atoms with E-state index >= 15 is 0 Å². The summed E-state index contributed by atoms with van der Waals surface area (Å²) in [7, 11) is 0. The molecule has 0 radical (unpaired) electrons. The highest BCUT2D eigenvalue weighted by atomic mass is 19.4. The Morgan fingerprint density at radius 3 is 2.70 bits per heavy atom. The highest BCUT2D eigenvalue weighted by Gasteiger charge is 2.42. The third-order valence-electron chi connectivity index (χ3n) is 4.41. The average Bonchev–Trinajstić information content (AvgIpc) is 3.22. The van der Waals surface area contributed by atoms with Crippen LogP contribution in [0.3, 0.4) is 0 Å². The van der Waals surface area contributed by atoms with Crippen molar-refractivity contribution in [1.82, 2.24) is 19.7 Å². The summed E-state index contributed by atoms with van der Waals surface area (Å²) in [6.45, 7) is 1.85. The van der Waals surface area contributed by atoms with E-state index in [1.807, 2.05) is 0 Å². The lowest BCUT2D eigenvalue weighted by Gasteiger charge is -2.20. The molecular weight excluding hydrogens is 367 g/mol. The fourth-order valence-electron chi connectivity index (χ4n) is 2.81. The first-order valence-electron chi connectivity index (χ1n) is 7.98. The Bertz CT molecular complexity index is 882. The molecule has 0 aromatic carbocycles. The van der Waals surface area contributed by atoms with Crippen molar-refractivity contribution in [3.8, 4) is 5.82 Å². The van der Waals surface area contributed by atoms with Crippen LogP contribution in [0.2, 0.25) is 0 Å². The number of amides is 2. The number of carboxylic acid groups (broad SMARTS) is 1. The Hall–Kier alpha value is -3.11. The van der Waals surface area contributed by atoms with Gasteiger partial charge in [-0.1, -0.05) is 0 Å². The standard InChI is InChI=1S/C16H16F3N5O3/c1-15(13(25)26)5-8-23(9-15)14(27)21-11-4-7-24(22-11)12-10(16(17,18)19)3-2-6-20-12/h2-4,6-7H,5,8-9H2,1H3,(H,25,26)(H,21,22,27). The molecule has 1 aliphatic heterocycles. The van der Waals surface area contributed by atoms with Crippen LogP contribution in [0.1, 0.15) is 18.9 Å². The predicted octanol–water partition coefficient (Wildman–Crippen LogP) is 2.61. The molecule has 0 aliphatic carbocycles. The molecule has 0 bridgehead atoms. The number of hydrogen-bond donors (Lipinski definition) is 2. The molecule has 11 heteroatoms. The van der Waals surface area contributed by atoms with Gasteiger partial charge in [-0.15, -0.1) is 5.10 Å². The summed E-state index contributed by atoms with van der Waals surface area (Å²) in [6.07, 6.45) is -1.83. The van der Waals surface area contributed by atoms with E-state index in [4.69, 9.17) is 0 Å². The van der Waals surface area contributed by atoms with Gasteiger partial charge in [0.1, 0.15) is 5.56 Å². The molecule has 8 nitrogen and oxygen atoms in total. The number of carbonyl (C=O) groups excluding carboxylic acids is 1. The van der Waals surface area contributed by atoms with Crippen LogP contribution in [-0.4, -0.2) is 49.9 Å². The fourth-order valence-corrected chi connectivity index (χ4v) is 2.81. The Morgan fingerprint density at radius 1 is 1.33 bits per heavy atom. The lowest BCUT2D eigenvalue weighted by Crippen LogP contribution is -2.37. The summed E-state index contributed by atoms with van der Waals surface area (Å²) in [4.78, 5) is 28.6. The third kappa shape index (κ3) is 3.71. The van der Waals surface area contributed by atoms with Gasteiger partial charge in [-0.3, -0.25) is 10.1 Å². The zero-order valence-electron chi connectivity index (χ0n) is 14.2. The molecule has 144 valence electrons. The molecule has 2 N–H and O–H groups in total. The van der Waals surface area contributed by atoms with Gasteiger partial charge in [-0.2, -0.15) is 13.2 Å². The first kappa shape index (κ1) is 18.7. The van der Waals surface area contributed by atoms with E-state index in [2.05, 4.69) is 15.4 Å². The Balaban J connectivity index is 1.75. The van der Waals surface area contributed by atoms with Crippen LogP contribution < -0.4 is 5.32 Å². The Labute approximate surface area is 151 Å². The summed E-state index contributed by atoms with van der Waals surface area (Å²) in [5.41, 5.74) is -1.98. The number of halogens is 3.